The van der Waals surface area contributed by atoms with Gasteiger partial charge in [-0.2, -0.15) is 13.2 Å². The summed E-state index contributed by atoms with van der Waals surface area (Å²) >= 11 is 0. The van der Waals surface area contributed by atoms with Gasteiger partial charge in [0, 0.05) is 18.7 Å². The van der Waals surface area contributed by atoms with Gasteiger partial charge in [0.15, 0.2) is 11.6 Å². The lowest BCUT2D eigenvalue weighted by molar-refractivity contribution is -0.123. The van der Waals surface area contributed by atoms with Gasteiger partial charge in [-0.15, -0.1) is 0 Å². The first-order valence-corrected chi connectivity index (χ1v) is 8.24. The molecule has 0 aliphatic carbocycles. The van der Waals surface area contributed by atoms with Crippen LogP contribution in [0.1, 0.15) is 15.9 Å². The molecule has 0 bridgehead atoms. The maximum atomic E-state index is 13.5. The second-order valence-corrected chi connectivity index (χ2v) is 6.01. The van der Waals surface area contributed by atoms with Crippen molar-refractivity contribution in [3.63, 3.8) is 0 Å². The standard InChI is InChI=1S/C19H20F4N2O2/c1-25(10-11-27-17-5-3-2-4-16(17)20)12-14-6-8-15(9-7-14)18(26)24-13-19(21,22)23/h2-9H,10-13H2,1H3,(H,24,26). The summed E-state index contributed by atoms with van der Waals surface area (Å²) in [5.74, 6) is -0.995. The summed E-state index contributed by atoms with van der Waals surface area (Å²) in [6, 6.07) is 12.5. The molecule has 1 amide bonds. The van der Waals surface area contributed by atoms with E-state index in [1.165, 1.54) is 18.2 Å². The summed E-state index contributed by atoms with van der Waals surface area (Å²) in [7, 11) is 1.86. The van der Waals surface area contributed by atoms with E-state index in [0.29, 0.717) is 19.7 Å². The van der Waals surface area contributed by atoms with Gasteiger partial charge in [0.1, 0.15) is 13.2 Å². The first kappa shape index (κ1) is 20.7. The molecule has 2 aromatic carbocycles. The van der Waals surface area contributed by atoms with Gasteiger partial charge in [-0.1, -0.05) is 24.3 Å². The Bertz CT molecular complexity index is 748. The van der Waals surface area contributed by atoms with Gasteiger partial charge in [0.25, 0.3) is 5.91 Å². The Balaban J connectivity index is 1.78. The Kier molecular flexibility index (Phi) is 7.18. The number of ether oxygens (including phenoxy) is 1. The second kappa shape index (κ2) is 9.36. The molecule has 8 heteroatoms. The van der Waals surface area contributed by atoms with Crippen molar-refractivity contribution >= 4 is 5.91 Å². The number of hydrogen-bond donors (Lipinski definition) is 1. The van der Waals surface area contributed by atoms with Crippen LogP contribution >= 0.6 is 0 Å². The highest BCUT2D eigenvalue weighted by Crippen LogP contribution is 2.15. The van der Waals surface area contributed by atoms with E-state index < -0.39 is 24.4 Å². The van der Waals surface area contributed by atoms with Crippen LogP contribution in [0, 0.1) is 5.82 Å². The van der Waals surface area contributed by atoms with Gasteiger partial charge in [-0.3, -0.25) is 9.69 Å². The number of halogens is 4. The third-order valence-electron chi connectivity index (χ3n) is 3.69. The van der Waals surface area contributed by atoms with E-state index in [1.54, 1.807) is 30.3 Å². The summed E-state index contributed by atoms with van der Waals surface area (Å²) in [5.41, 5.74) is 1.05. The maximum Gasteiger partial charge on any atom is 0.405 e. The lowest BCUT2D eigenvalue weighted by Gasteiger charge is -2.17. The number of likely N-dealkylation sites (N-methyl/N-ethyl adjacent to an activating group) is 1. The molecule has 0 radical (unpaired) electrons. The van der Waals surface area contributed by atoms with Gasteiger partial charge >= 0.3 is 6.18 Å². The minimum Gasteiger partial charge on any atom is -0.489 e. The monoisotopic (exact) mass is 384 g/mol. The van der Waals surface area contributed by atoms with Gasteiger partial charge in [-0.25, -0.2) is 4.39 Å². The minimum atomic E-state index is -4.44. The van der Waals surface area contributed by atoms with Crippen LogP contribution in [-0.2, 0) is 6.54 Å². The fraction of sp³-hybridized carbons (Fsp3) is 0.316. The Labute approximate surface area is 154 Å². The third kappa shape index (κ3) is 7.26. The quantitative estimate of drug-likeness (QED) is 0.707. The van der Waals surface area contributed by atoms with Gasteiger partial charge in [0.2, 0.25) is 0 Å². The molecule has 2 rings (SSSR count). The lowest BCUT2D eigenvalue weighted by atomic mass is 10.1. The average Bonchev–Trinajstić information content (AvgIpc) is 2.61. The van der Waals surface area contributed by atoms with Crippen LogP contribution in [0.15, 0.2) is 48.5 Å². The van der Waals surface area contributed by atoms with Gasteiger partial charge in [-0.05, 0) is 36.9 Å². The number of carbonyl (C=O) groups excluding carboxylic acids is 1. The third-order valence-corrected chi connectivity index (χ3v) is 3.69. The van der Waals surface area contributed by atoms with Crippen molar-refractivity contribution in [1.82, 2.24) is 10.2 Å². The lowest BCUT2D eigenvalue weighted by Crippen LogP contribution is -2.33. The molecule has 1 N–H and O–H groups in total. The average molecular weight is 384 g/mol. The predicted molar refractivity (Wildman–Crippen MR) is 93.1 cm³/mol. The smallest absolute Gasteiger partial charge is 0.405 e. The molecule has 0 saturated carbocycles. The van der Waals surface area contributed by atoms with Crippen molar-refractivity contribution in [2.45, 2.75) is 12.7 Å². The molecular formula is C19H20F4N2O2. The Morgan fingerprint density at radius 3 is 2.41 bits per heavy atom. The number of alkyl halides is 3. The van der Waals surface area contributed by atoms with Crippen LogP contribution in [0.5, 0.6) is 5.75 Å². The summed E-state index contributed by atoms with van der Waals surface area (Å²) in [6.45, 7) is 0.0287. The van der Waals surface area contributed by atoms with Crippen LogP contribution in [-0.4, -0.2) is 43.7 Å². The summed E-state index contributed by atoms with van der Waals surface area (Å²) in [6.07, 6.45) is -4.44. The maximum absolute atomic E-state index is 13.5. The van der Waals surface area contributed by atoms with Crippen LogP contribution in [0.4, 0.5) is 17.6 Å². The minimum absolute atomic E-state index is 0.161. The number of benzene rings is 2. The van der Waals surface area contributed by atoms with E-state index in [9.17, 15) is 22.4 Å². The first-order valence-electron chi connectivity index (χ1n) is 8.24. The fourth-order valence-corrected chi connectivity index (χ4v) is 2.31. The second-order valence-electron chi connectivity index (χ2n) is 6.01. The summed E-state index contributed by atoms with van der Waals surface area (Å²) in [5, 5.41) is 1.83. The van der Waals surface area contributed by atoms with Crippen molar-refractivity contribution in [3.05, 3.63) is 65.5 Å². The van der Waals surface area contributed by atoms with Crippen LogP contribution in [0.3, 0.4) is 0 Å². The number of hydrogen-bond acceptors (Lipinski definition) is 3. The molecule has 0 aliphatic rings. The zero-order valence-electron chi connectivity index (χ0n) is 14.7. The topological polar surface area (TPSA) is 41.6 Å². The van der Waals surface area contributed by atoms with E-state index in [2.05, 4.69) is 0 Å². The molecular weight excluding hydrogens is 364 g/mol. The van der Waals surface area contributed by atoms with Crippen LogP contribution < -0.4 is 10.1 Å². The van der Waals surface area contributed by atoms with Gasteiger partial charge < -0.3 is 10.1 Å². The molecule has 0 aromatic heterocycles. The normalized spacial score (nSPS) is 11.5. The Morgan fingerprint density at radius 2 is 1.78 bits per heavy atom. The SMILES string of the molecule is CN(CCOc1ccccc1F)Cc1ccc(C(=O)NCC(F)(F)F)cc1. The number of para-hydroxylation sites is 1. The Morgan fingerprint density at radius 1 is 1.11 bits per heavy atom. The van der Waals surface area contributed by atoms with E-state index in [0.717, 1.165) is 5.56 Å². The van der Waals surface area contributed by atoms with E-state index in [-0.39, 0.29) is 11.3 Å². The van der Waals surface area contributed by atoms with Crippen molar-refractivity contribution in [1.29, 1.82) is 0 Å². The highest BCUT2D eigenvalue weighted by atomic mass is 19.4. The molecule has 0 fully saturated rings. The zero-order valence-corrected chi connectivity index (χ0v) is 14.7. The highest BCUT2D eigenvalue weighted by molar-refractivity contribution is 5.94. The van der Waals surface area contributed by atoms with Crippen molar-refractivity contribution < 1.29 is 27.1 Å². The summed E-state index contributed by atoms with van der Waals surface area (Å²) in [4.78, 5) is 13.6. The van der Waals surface area contributed by atoms with Gasteiger partial charge in [0.05, 0.1) is 0 Å². The Hall–Kier alpha value is -2.61. The van der Waals surface area contributed by atoms with Crippen molar-refractivity contribution in [3.8, 4) is 5.75 Å². The zero-order chi connectivity index (χ0) is 19.9. The first-order chi connectivity index (χ1) is 12.7. The molecule has 0 heterocycles. The molecule has 0 aliphatic heterocycles. The molecule has 0 spiro atoms. The number of amides is 1. The molecule has 0 saturated heterocycles. The molecule has 2 aromatic rings. The highest BCUT2D eigenvalue weighted by Gasteiger charge is 2.27. The molecule has 0 atom stereocenters. The largest absolute Gasteiger partial charge is 0.489 e. The van der Waals surface area contributed by atoms with Crippen molar-refractivity contribution in [2.75, 3.05) is 26.7 Å². The fourth-order valence-electron chi connectivity index (χ4n) is 2.31. The predicted octanol–water partition coefficient (Wildman–Crippen LogP) is 3.63. The number of nitrogens with one attached hydrogen (secondary N) is 1. The molecule has 27 heavy (non-hydrogen) atoms. The molecule has 0 unspecified atom stereocenters. The van der Waals surface area contributed by atoms with Crippen LogP contribution in [0.2, 0.25) is 0 Å². The number of rotatable bonds is 8. The van der Waals surface area contributed by atoms with Crippen molar-refractivity contribution in [2.24, 2.45) is 0 Å². The van der Waals surface area contributed by atoms with Crippen LogP contribution in [0.25, 0.3) is 0 Å². The van der Waals surface area contributed by atoms with E-state index in [4.69, 9.17) is 4.74 Å². The number of nitrogens with zero attached hydrogens (tertiary/aromatic N) is 1. The molecule has 146 valence electrons. The number of carbonyl (C=O) groups is 1. The summed E-state index contributed by atoms with van der Waals surface area (Å²) < 4.78 is 55.2. The molecule has 4 nitrogen and oxygen atoms in total. The van der Waals surface area contributed by atoms with E-state index >= 15 is 0 Å². The van der Waals surface area contributed by atoms with E-state index in [1.807, 2.05) is 17.3 Å².